The number of nitro groups is 1. The van der Waals surface area contributed by atoms with Crippen molar-refractivity contribution in [2.45, 2.75) is 20.4 Å². The molecule has 0 unspecified atom stereocenters. The number of pyridine rings is 1. The van der Waals surface area contributed by atoms with Crippen LogP contribution in [0, 0.1) is 24.0 Å². The SMILES string of the molecule is Cc1ccc(CNc2ncnc(Nc3ccc(C)cn3)c2[N+](=O)[O-])cc1. The Labute approximate surface area is 150 Å². The smallest absolute Gasteiger partial charge is 0.353 e. The molecule has 0 saturated carbocycles. The maximum absolute atomic E-state index is 11.6. The van der Waals surface area contributed by atoms with Crippen molar-refractivity contribution >= 4 is 23.1 Å². The molecule has 0 saturated heterocycles. The molecule has 2 N–H and O–H groups in total. The van der Waals surface area contributed by atoms with Gasteiger partial charge in [0.05, 0.1) is 4.92 Å². The van der Waals surface area contributed by atoms with Crippen LogP contribution < -0.4 is 10.6 Å². The van der Waals surface area contributed by atoms with Gasteiger partial charge in [0.2, 0.25) is 11.6 Å². The third-order valence-electron chi connectivity index (χ3n) is 3.74. The first-order valence-corrected chi connectivity index (χ1v) is 8.01. The van der Waals surface area contributed by atoms with E-state index in [1.807, 2.05) is 44.2 Å². The van der Waals surface area contributed by atoms with Gasteiger partial charge >= 0.3 is 5.69 Å². The predicted molar refractivity (Wildman–Crippen MR) is 99.4 cm³/mol. The number of benzene rings is 1. The zero-order chi connectivity index (χ0) is 18.5. The molecule has 0 aliphatic rings. The zero-order valence-electron chi connectivity index (χ0n) is 14.4. The van der Waals surface area contributed by atoms with E-state index in [1.165, 1.54) is 6.33 Å². The summed E-state index contributed by atoms with van der Waals surface area (Å²) in [7, 11) is 0. The maximum Gasteiger partial charge on any atom is 0.353 e. The Bertz CT molecular complexity index is 910. The molecule has 2 aromatic heterocycles. The van der Waals surface area contributed by atoms with E-state index in [0.717, 1.165) is 16.7 Å². The Morgan fingerprint density at radius 3 is 2.31 bits per heavy atom. The minimum atomic E-state index is -0.506. The number of hydrogen-bond acceptors (Lipinski definition) is 7. The van der Waals surface area contributed by atoms with Crippen LogP contribution in [0.2, 0.25) is 0 Å². The summed E-state index contributed by atoms with van der Waals surface area (Å²) in [6, 6.07) is 11.5. The summed E-state index contributed by atoms with van der Waals surface area (Å²) < 4.78 is 0. The molecule has 0 amide bonds. The van der Waals surface area contributed by atoms with E-state index in [4.69, 9.17) is 0 Å². The first-order chi connectivity index (χ1) is 12.5. The third kappa shape index (κ3) is 4.10. The van der Waals surface area contributed by atoms with Crippen LogP contribution in [0.3, 0.4) is 0 Å². The highest BCUT2D eigenvalue weighted by Gasteiger charge is 2.23. The van der Waals surface area contributed by atoms with Crippen molar-refractivity contribution in [2.75, 3.05) is 10.6 Å². The molecule has 26 heavy (non-hydrogen) atoms. The Kier molecular flexibility index (Phi) is 5.02. The summed E-state index contributed by atoms with van der Waals surface area (Å²) in [5, 5.41) is 17.5. The third-order valence-corrected chi connectivity index (χ3v) is 3.74. The van der Waals surface area contributed by atoms with Crippen molar-refractivity contribution in [1.82, 2.24) is 15.0 Å². The van der Waals surface area contributed by atoms with Crippen molar-refractivity contribution in [3.8, 4) is 0 Å². The molecular formula is C18H18N6O2. The number of aromatic nitrogens is 3. The lowest BCUT2D eigenvalue weighted by Crippen LogP contribution is -2.08. The molecule has 3 aromatic rings. The first-order valence-electron chi connectivity index (χ1n) is 8.01. The summed E-state index contributed by atoms with van der Waals surface area (Å²) in [6.45, 7) is 4.33. The largest absolute Gasteiger partial charge is 0.360 e. The molecule has 3 rings (SSSR count). The fraction of sp³-hybridized carbons (Fsp3) is 0.167. The van der Waals surface area contributed by atoms with Gasteiger partial charge in [-0.2, -0.15) is 0 Å². The highest BCUT2D eigenvalue weighted by atomic mass is 16.6. The molecule has 0 aliphatic heterocycles. The molecular weight excluding hydrogens is 332 g/mol. The van der Waals surface area contributed by atoms with Gasteiger partial charge in [0.1, 0.15) is 12.1 Å². The monoisotopic (exact) mass is 350 g/mol. The Morgan fingerprint density at radius 2 is 1.65 bits per heavy atom. The second kappa shape index (κ2) is 7.56. The van der Waals surface area contributed by atoms with Gasteiger partial charge in [-0.05, 0) is 31.0 Å². The quantitative estimate of drug-likeness (QED) is 0.515. The number of aryl methyl sites for hydroxylation is 2. The highest BCUT2D eigenvalue weighted by molar-refractivity contribution is 5.72. The lowest BCUT2D eigenvalue weighted by atomic mass is 10.1. The number of rotatable bonds is 6. The van der Waals surface area contributed by atoms with Crippen molar-refractivity contribution in [3.63, 3.8) is 0 Å². The molecule has 1 aromatic carbocycles. The van der Waals surface area contributed by atoms with E-state index >= 15 is 0 Å². The van der Waals surface area contributed by atoms with E-state index in [-0.39, 0.29) is 17.3 Å². The van der Waals surface area contributed by atoms with Crippen molar-refractivity contribution in [1.29, 1.82) is 0 Å². The highest BCUT2D eigenvalue weighted by Crippen LogP contribution is 2.30. The van der Waals surface area contributed by atoms with Gasteiger partial charge in [0.15, 0.2) is 0 Å². The van der Waals surface area contributed by atoms with Gasteiger partial charge in [-0.15, -0.1) is 0 Å². The predicted octanol–water partition coefficient (Wildman–Crippen LogP) is 3.75. The number of nitrogens with zero attached hydrogens (tertiary/aromatic N) is 4. The van der Waals surface area contributed by atoms with Crippen LogP contribution in [0.5, 0.6) is 0 Å². The number of anilines is 3. The van der Waals surface area contributed by atoms with Crippen LogP contribution in [0.1, 0.15) is 16.7 Å². The summed E-state index contributed by atoms with van der Waals surface area (Å²) >= 11 is 0. The van der Waals surface area contributed by atoms with Gasteiger partial charge < -0.3 is 10.6 Å². The molecule has 0 radical (unpaired) electrons. The second-order valence-corrected chi connectivity index (χ2v) is 5.86. The van der Waals surface area contributed by atoms with Gasteiger partial charge in [-0.25, -0.2) is 15.0 Å². The Balaban J connectivity index is 1.84. The topological polar surface area (TPSA) is 106 Å². The zero-order valence-corrected chi connectivity index (χ0v) is 14.4. The summed E-state index contributed by atoms with van der Waals surface area (Å²) in [4.78, 5) is 23.3. The van der Waals surface area contributed by atoms with Crippen molar-refractivity contribution < 1.29 is 4.92 Å². The van der Waals surface area contributed by atoms with Crippen LogP contribution in [0.15, 0.2) is 48.9 Å². The number of hydrogen-bond donors (Lipinski definition) is 2. The Morgan fingerprint density at radius 1 is 0.962 bits per heavy atom. The summed E-state index contributed by atoms with van der Waals surface area (Å²) in [6.07, 6.45) is 2.95. The fourth-order valence-electron chi connectivity index (χ4n) is 2.33. The first kappa shape index (κ1) is 17.3. The van der Waals surface area contributed by atoms with Gasteiger partial charge in [0.25, 0.3) is 0 Å². The molecule has 8 nitrogen and oxygen atoms in total. The molecule has 0 atom stereocenters. The summed E-state index contributed by atoms with van der Waals surface area (Å²) in [5.41, 5.74) is 2.92. The Hall–Kier alpha value is -3.55. The van der Waals surface area contributed by atoms with Crippen LogP contribution in [0.25, 0.3) is 0 Å². The van der Waals surface area contributed by atoms with E-state index in [2.05, 4.69) is 25.6 Å². The molecule has 2 heterocycles. The van der Waals surface area contributed by atoms with E-state index < -0.39 is 4.92 Å². The van der Waals surface area contributed by atoms with Crippen LogP contribution in [-0.2, 0) is 6.54 Å². The molecule has 8 heteroatoms. The second-order valence-electron chi connectivity index (χ2n) is 5.86. The number of nitrogens with one attached hydrogen (secondary N) is 2. The van der Waals surface area contributed by atoms with Gasteiger partial charge in [-0.3, -0.25) is 10.1 Å². The lowest BCUT2D eigenvalue weighted by Gasteiger charge is -2.10. The maximum atomic E-state index is 11.6. The van der Waals surface area contributed by atoms with Crippen LogP contribution in [0.4, 0.5) is 23.1 Å². The molecule has 0 bridgehead atoms. The lowest BCUT2D eigenvalue weighted by molar-refractivity contribution is -0.383. The average molecular weight is 350 g/mol. The minimum Gasteiger partial charge on any atom is -0.360 e. The normalized spacial score (nSPS) is 10.4. The van der Waals surface area contributed by atoms with Gasteiger partial charge in [-0.1, -0.05) is 35.9 Å². The minimum absolute atomic E-state index is 0.0905. The van der Waals surface area contributed by atoms with Gasteiger partial charge in [0, 0.05) is 12.7 Å². The molecule has 0 aliphatic carbocycles. The van der Waals surface area contributed by atoms with E-state index in [0.29, 0.717) is 12.4 Å². The molecule has 132 valence electrons. The van der Waals surface area contributed by atoms with Crippen LogP contribution >= 0.6 is 0 Å². The standard InChI is InChI=1S/C18H18N6O2/c1-12-3-6-14(7-4-12)10-20-17-16(24(25)26)18(22-11-21-17)23-15-8-5-13(2)9-19-15/h3-9,11H,10H2,1-2H3,(H2,19,20,21,22,23). The molecule has 0 fully saturated rings. The van der Waals surface area contributed by atoms with Crippen molar-refractivity contribution in [2.24, 2.45) is 0 Å². The average Bonchev–Trinajstić information content (AvgIpc) is 2.63. The van der Waals surface area contributed by atoms with E-state index in [9.17, 15) is 10.1 Å². The van der Waals surface area contributed by atoms with E-state index in [1.54, 1.807) is 12.3 Å². The van der Waals surface area contributed by atoms with Crippen LogP contribution in [-0.4, -0.2) is 19.9 Å². The van der Waals surface area contributed by atoms with Crippen molar-refractivity contribution in [3.05, 3.63) is 75.7 Å². The summed E-state index contributed by atoms with van der Waals surface area (Å²) in [5.74, 6) is 0.717. The fourth-order valence-corrected chi connectivity index (χ4v) is 2.33. The molecule has 0 spiro atoms.